The third-order valence-corrected chi connectivity index (χ3v) is 3.28. The zero-order valence-corrected chi connectivity index (χ0v) is 9.50. The Balaban J connectivity index is 1.86. The minimum absolute atomic E-state index is 0.373. The summed E-state index contributed by atoms with van der Waals surface area (Å²) in [6.07, 6.45) is 2.02. The normalized spacial score (nSPS) is 18.9. The van der Waals surface area contributed by atoms with E-state index in [0.717, 1.165) is 30.9 Å². The monoisotopic (exact) mass is 229 g/mol. The molecule has 0 amide bonds. The van der Waals surface area contributed by atoms with Crippen molar-refractivity contribution in [2.75, 3.05) is 11.5 Å². The second kappa shape index (κ2) is 3.76. The summed E-state index contributed by atoms with van der Waals surface area (Å²) in [5, 5.41) is 4.20. The van der Waals surface area contributed by atoms with Crippen molar-refractivity contribution in [3.63, 3.8) is 0 Å². The van der Waals surface area contributed by atoms with Crippen molar-refractivity contribution in [1.29, 1.82) is 0 Å². The van der Waals surface area contributed by atoms with Gasteiger partial charge in [0, 0.05) is 24.6 Å². The van der Waals surface area contributed by atoms with Gasteiger partial charge in [0.15, 0.2) is 0 Å². The van der Waals surface area contributed by atoms with Gasteiger partial charge in [0.05, 0.1) is 0 Å². The van der Waals surface area contributed by atoms with Crippen molar-refractivity contribution < 1.29 is 0 Å². The van der Waals surface area contributed by atoms with Gasteiger partial charge in [0.2, 0.25) is 5.95 Å². The molecule has 1 aliphatic heterocycles. The molecule has 3 rings (SSSR count). The molecule has 1 aliphatic rings. The van der Waals surface area contributed by atoms with Gasteiger partial charge in [-0.2, -0.15) is 4.98 Å². The zero-order valence-electron chi connectivity index (χ0n) is 9.50. The number of hydrogen-bond acceptors (Lipinski definition) is 4. The Hall–Kier alpha value is -2.04. The fourth-order valence-corrected chi connectivity index (χ4v) is 2.37. The molecule has 0 fully saturated rings. The van der Waals surface area contributed by atoms with Gasteiger partial charge in [-0.3, -0.25) is 0 Å². The highest BCUT2D eigenvalue weighted by Gasteiger charge is 2.22. The number of nitrogen functional groups attached to an aromatic ring is 2. The maximum atomic E-state index is 5.69. The SMILES string of the molecule is Nc1ccc(C2CCc3nc(N)nn3C2)cc1. The second-order valence-corrected chi connectivity index (χ2v) is 4.47. The summed E-state index contributed by atoms with van der Waals surface area (Å²) in [6, 6.07) is 8.07. The van der Waals surface area contributed by atoms with Crippen LogP contribution in [0.1, 0.15) is 23.7 Å². The predicted octanol–water partition coefficient (Wildman–Crippen LogP) is 1.17. The lowest BCUT2D eigenvalue weighted by Gasteiger charge is -2.22. The number of rotatable bonds is 1. The topological polar surface area (TPSA) is 82.8 Å². The first-order valence-corrected chi connectivity index (χ1v) is 5.77. The van der Waals surface area contributed by atoms with E-state index in [1.807, 2.05) is 16.8 Å². The van der Waals surface area contributed by atoms with E-state index in [4.69, 9.17) is 11.5 Å². The van der Waals surface area contributed by atoms with Gasteiger partial charge in [-0.05, 0) is 24.1 Å². The molecule has 17 heavy (non-hydrogen) atoms. The Morgan fingerprint density at radius 2 is 1.94 bits per heavy atom. The molecule has 2 aromatic rings. The lowest BCUT2D eigenvalue weighted by molar-refractivity contribution is 0.423. The number of anilines is 2. The van der Waals surface area contributed by atoms with E-state index in [9.17, 15) is 0 Å². The Morgan fingerprint density at radius 1 is 1.18 bits per heavy atom. The molecule has 2 heterocycles. The van der Waals surface area contributed by atoms with Crippen LogP contribution in [0, 0.1) is 0 Å². The van der Waals surface area contributed by atoms with Crippen LogP contribution in [0.15, 0.2) is 24.3 Å². The van der Waals surface area contributed by atoms with Gasteiger partial charge in [0.25, 0.3) is 0 Å². The van der Waals surface area contributed by atoms with Gasteiger partial charge < -0.3 is 11.5 Å². The summed E-state index contributed by atoms with van der Waals surface area (Å²) in [7, 11) is 0. The van der Waals surface area contributed by atoms with Crippen LogP contribution in [0.25, 0.3) is 0 Å². The first-order valence-electron chi connectivity index (χ1n) is 5.77. The first-order chi connectivity index (χ1) is 8.22. The third-order valence-electron chi connectivity index (χ3n) is 3.28. The van der Waals surface area contributed by atoms with Crippen molar-refractivity contribution in [3.05, 3.63) is 35.7 Å². The Morgan fingerprint density at radius 3 is 2.71 bits per heavy atom. The van der Waals surface area contributed by atoms with Crippen LogP contribution < -0.4 is 11.5 Å². The molecule has 5 heteroatoms. The van der Waals surface area contributed by atoms with Gasteiger partial charge in [-0.1, -0.05) is 12.1 Å². The predicted molar refractivity (Wildman–Crippen MR) is 66.4 cm³/mol. The summed E-state index contributed by atoms with van der Waals surface area (Å²) in [5.74, 6) is 1.84. The van der Waals surface area contributed by atoms with E-state index in [0.29, 0.717) is 11.9 Å². The Labute approximate surface area is 99.4 Å². The number of aromatic nitrogens is 3. The van der Waals surface area contributed by atoms with E-state index in [2.05, 4.69) is 22.2 Å². The molecular formula is C12H15N5. The number of aryl methyl sites for hydroxylation is 1. The van der Waals surface area contributed by atoms with Crippen molar-refractivity contribution in [2.45, 2.75) is 25.3 Å². The molecule has 0 bridgehead atoms. The molecule has 4 N–H and O–H groups in total. The van der Waals surface area contributed by atoms with Gasteiger partial charge in [-0.25, -0.2) is 4.68 Å². The largest absolute Gasteiger partial charge is 0.399 e. The molecule has 88 valence electrons. The minimum Gasteiger partial charge on any atom is -0.399 e. The molecule has 5 nitrogen and oxygen atoms in total. The minimum atomic E-state index is 0.373. The third kappa shape index (κ3) is 1.84. The maximum absolute atomic E-state index is 5.69. The lowest BCUT2D eigenvalue weighted by Crippen LogP contribution is -2.20. The molecule has 1 aromatic carbocycles. The van der Waals surface area contributed by atoms with Crippen molar-refractivity contribution >= 4 is 11.6 Å². The molecule has 1 aromatic heterocycles. The lowest BCUT2D eigenvalue weighted by atomic mass is 9.92. The van der Waals surface area contributed by atoms with Crippen LogP contribution in [-0.2, 0) is 13.0 Å². The van der Waals surface area contributed by atoms with E-state index < -0.39 is 0 Å². The zero-order chi connectivity index (χ0) is 11.8. The van der Waals surface area contributed by atoms with Crippen LogP contribution >= 0.6 is 0 Å². The highest BCUT2D eigenvalue weighted by Crippen LogP contribution is 2.28. The van der Waals surface area contributed by atoms with Crippen molar-refractivity contribution in [1.82, 2.24) is 14.8 Å². The molecule has 1 unspecified atom stereocenters. The van der Waals surface area contributed by atoms with E-state index in [1.165, 1.54) is 5.56 Å². The quantitative estimate of drug-likeness (QED) is 0.719. The first kappa shape index (κ1) is 10.1. The standard InChI is InChI=1S/C12H15N5/c13-10-4-1-8(2-5-10)9-3-6-11-15-12(14)16-17(11)7-9/h1-2,4-5,9H,3,6-7,13H2,(H2,14,16). The fraction of sp³-hybridized carbons (Fsp3) is 0.333. The highest BCUT2D eigenvalue weighted by atomic mass is 15.4. The fourth-order valence-electron chi connectivity index (χ4n) is 2.37. The second-order valence-electron chi connectivity index (χ2n) is 4.47. The van der Waals surface area contributed by atoms with Gasteiger partial charge in [0.1, 0.15) is 5.82 Å². The summed E-state index contributed by atoms with van der Waals surface area (Å²) < 4.78 is 1.92. The van der Waals surface area contributed by atoms with Gasteiger partial charge >= 0.3 is 0 Å². The van der Waals surface area contributed by atoms with Crippen LogP contribution in [0.5, 0.6) is 0 Å². The van der Waals surface area contributed by atoms with Crippen molar-refractivity contribution in [3.8, 4) is 0 Å². The van der Waals surface area contributed by atoms with Crippen LogP contribution in [0.2, 0.25) is 0 Å². The average Bonchev–Trinajstić information content (AvgIpc) is 2.69. The molecule has 0 aliphatic carbocycles. The maximum Gasteiger partial charge on any atom is 0.239 e. The molecule has 1 atom stereocenters. The van der Waals surface area contributed by atoms with E-state index in [1.54, 1.807) is 0 Å². The van der Waals surface area contributed by atoms with Crippen LogP contribution in [0.3, 0.4) is 0 Å². The molecule has 0 radical (unpaired) electrons. The van der Waals surface area contributed by atoms with Crippen LogP contribution in [-0.4, -0.2) is 14.8 Å². The van der Waals surface area contributed by atoms with E-state index in [-0.39, 0.29) is 0 Å². The molecule has 0 saturated carbocycles. The Kier molecular flexibility index (Phi) is 2.24. The molecule has 0 spiro atoms. The van der Waals surface area contributed by atoms with Gasteiger partial charge in [-0.15, -0.1) is 5.10 Å². The number of fused-ring (bicyclic) bond motifs is 1. The number of hydrogen-bond donors (Lipinski definition) is 2. The summed E-state index contributed by atoms with van der Waals surface area (Å²) in [4.78, 5) is 4.20. The van der Waals surface area contributed by atoms with Crippen molar-refractivity contribution in [2.24, 2.45) is 0 Å². The number of benzene rings is 1. The summed E-state index contributed by atoms with van der Waals surface area (Å²) in [5.41, 5.74) is 13.4. The van der Waals surface area contributed by atoms with Crippen LogP contribution in [0.4, 0.5) is 11.6 Å². The summed E-state index contributed by atoms with van der Waals surface area (Å²) >= 11 is 0. The Bertz CT molecular complexity index is 528. The highest BCUT2D eigenvalue weighted by molar-refractivity contribution is 5.40. The molecular weight excluding hydrogens is 214 g/mol. The number of nitrogens with two attached hydrogens (primary N) is 2. The smallest absolute Gasteiger partial charge is 0.239 e. The summed E-state index contributed by atoms with van der Waals surface area (Å²) in [6.45, 7) is 0.851. The average molecular weight is 229 g/mol. The molecule has 0 saturated heterocycles. The number of nitrogens with zero attached hydrogens (tertiary/aromatic N) is 3. The van der Waals surface area contributed by atoms with E-state index >= 15 is 0 Å².